The molecule has 0 unspecified atom stereocenters. The van der Waals surface area contributed by atoms with Crippen LogP contribution in [0.2, 0.25) is 0 Å². The zero-order chi connectivity index (χ0) is 13.4. The van der Waals surface area contributed by atoms with Crippen molar-refractivity contribution < 1.29 is 0 Å². The molecule has 96 valence electrons. The maximum Gasteiger partial charge on any atom is 0.0641 e. The van der Waals surface area contributed by atoms with Gasteiger partial charge in [-0.15, -0.1) is 0 Å². The molecule has 2 heterocycles. The van der Waals surface area contributed by atoms with Crippen molar-refractivity contribution in [1.29, 1.82) is 0 Å². The molecule has 4 rings (SSSR count). The van der Waals surface area contributed by atoms with E-state index in [0.29, 0.717) is 0 Å². The molecule has 3 heteroatoms. The number of H-pyrrole nitrogens is 1. The smallest absolute Gasteiger partial charge is 0.0641 e. The maximum absolute atomic E-state index is 4.16. The Hall–Kier alpha value is -2.81. The summed E-state index contributed by atoms with van der Waals surface area (Å²) in [5.41, 5.74) is 7.56. The van der Waals surface area contributed by atoms with Crippen LogP contribution in [0.5, 0.6) is 0 Å². The van der Waals surface area contributed by atoms with Crippen LogP contribution in [0, 0.1) is 0 Å². The minimum atomic E-state index is 1.00. The van der Waals surface area contributed by atoms with Crippen molar-refractivity contribution in [3.63, 3.8) is 0 Å². The normalized spacial score (nSPS) is 14.3. The van der Waals surface area contributed by atoms with Gasteiger partial charge in [-0.05, 0) is 24.3 Å². The molecule has 20 heavy (non-hydrogen) atoms. The van der Waals surface area contributed by atoms with Crippen LogP contribution in [0.15, 0.2) is 65.8 Å². The molecule has 0 saturated heterocycles. The summed E-state index contributed by atoms with van der Waals surface area (Å²) in [6.07, 6.45) is 7.70. The average molecular weight is 259 g/mol. The second kappa shape index (κ2) is 4.38. The fraction of sp³-hybridized carbons (Fsp3) is 0. The molecule has 2 aromatic carbocycles. The SMILES string of the molecule is C1=CC=C(c2cccc3[nH]c4ccccc4c23)NN=C1. The Bertz CT molecular complexity index is 882. The van der Waals surface area contributed by atoms with Crippen LogP contribution in [0.25, 0.3) is 27.5 Å². The first-order valence-corrected chi connectivity index (χ1v) is 6.59. The van der Waals surface area contributed by atoms with Crippen molar-refractivity contribution in [2.75, 3.05) is 0 Å². The monoisotopic (exact) mass is 259 g/mol. The average Bonchev–Trinajstić information content (AvgIpc) is 2.68. The van der Waals surface area contributed by atoms with Gasteiger partial charge in [-0.3, -0.25) is 5.43 Å². The van der Waals surface area contributed by atoms with Crippen LogP contribution in [0.4, 0.5) is 0 Å². The number of hydrogen-bond donors (Lipinski definition) is 2. The lowest BCUT2D eigenvalue weighted by atomic mass is 10.0. The zero-order valence-corrected chi connectivity index (χ0v) is 10.8. The second-order valence-electron chi connectivity index (χ2n) is 4.75. The minimum Gasteiger partial charge on any atom is -0.354 e. The molecule has 1 aliphatic rings. The van der Waals surface area contributed by atoms with Gasteiger partial charge in [0.15, 0.2) is 0 Å². The third-order valence-electron chi connectivity index (χ3n) is 3.54. The number of hydrogen-bond acceptors (Lipinski definition) is 2. The summed E-state index contributed by atoms with van der Waals surface area (Å²) < 4.78 is 0. The van der Waals surface area contributed by atoms with Gasteiger partial charge in [0.1, 0.15) is 0 Å². The van der Waals surface area contributed by atoms with Gasteiger partial charge >= 0.3 is 0 Å². The fourth-order valence-corrected chi connectivity index (χ4v) is 2.66. The molecule has 0 aliphatic carbocycles. The first-order valence-electron chi connectivity index (χ1n) is 6.59. The molecule has 1 aromatic heterocycles. The summed E-state index contributed by atoms with van der Waals surface area (Å²) in [6.45, 7) is 0. The summed E-state index contributed by atoms with van der Waals surface area (Å²) in [5, 5.41) is 6.62. The number of fused-ring (bicyclic) bond motifs is 3. The largest absolute Gasteiger partial charge is 0.354 e. The fourth-order valence-electron chi connectivity index (χ4n) is 2.66. The van der Waals surface area contributed by atoms with Crippen molar-refractivity contribution in [3.8, 4) is 0 Å². The minimum absolute atomic E-state index is 1.00. The highest BCUT2D eigenvalue weighted by Gasteiger charge is 2.11. The lowest BCUT2D eigenvalue weighted by Crippen LogP contribution is -2.03. The number of aromatic nitrogens is 1. The predicted molar refractivity (Wildman–Crippen MR) is 84.5 cm³/mol. The standard InChI is InChI=1S/C17H13N3/c1-2-8-14-12(6-1)17-13(7-5-10-16(17)19-14)15-9-3-4-11-18-20-15/h1-11,19-20H. The van der Waals surface area contributed by atoms with Crippen molar-refractivity contribution >= 4 is 33.7 Å². The van der Waals surface area contributed by atoms with Crippen molar-refractivity contribution in [1.82, 2.24) is 10.4 Å². The molecule has 1 aliphatic heterocycles. The first kappa shape index (κ1) is 11.1. The molecular formula is C17H13N3. The number of nitrogens with zero attached hydrogens (tertiary/aromatic N) is 1. The van der Waals surface area contributed by atoms with Gasteiger partial charge in [0.05, 0.1) is 5.70 Å². The topological polar surface area (TPSA) is 40.2 Å². The molecule has 0 atom stereocenters. The van der Waals surface area contributed by atoms with E-state index < -0.39 is 0 Å². The van der Waals surface area contributed by atoms with E-state index >= 15 is 0 Å². The van der Waals surface area contributed by atoms with E-state index in [2.05, 4.69) is 51.9 Å². The molecular weight excluding hydrogens is 246 g/mol. The van der Waals surface area contributed by atoms with E-state index in [1.807, 2.05) is 24.3 Å². The number of para-hydroxylation sites is 1. The van der Waals surface area contributed by atoms with Crippen LogP contribution >= 0.6 is 0 Å². The highest BCUT2D eigenvalue weighted by Crippen LogP contribution is 2.31. The Labute approximate surface area is 116 Å². The van der Waals surface area contributed by atoms with E-state index in [0.717, 1.165) is 22.3 Å². The Kier molecular flexibility index (Phi) is 2.42. The predicted octanol–water partition coefficient (Wildman–Crippen LogP) is 3.81. The third kappa shape index (κ3) is 1.64. The van der Waals surface area contributed by atoms with Crippen molar-refractivity contribution in [2.45, 2.75) is 0 Å². The van der Waals surface area contributed by atoms with Gasteiger partial charge in [0.25, 0.3) is 0 Å². The number of aromatic amines is 1. The Morgan fingerprint density at radius 3 is 2.75 bits per heavy atom. The Morgan fingerprint density at radius 2 is 1.75 bits per heavy atom. The van der Waals surface area contributed by atoms with E-state index in [1.165, 1.54) is 10.8 Å². The van der Waals surface area contributed by atoms with Gasteiger partial charge in [-0.2, -0.15) is 5.10 Å². The van der Waals surface area contributed by atoms with E-state index in [1.54, 1.807) is 6.21 Å². The summed E-state index contributed by atoms with van der Waals surface area (Å²) in [6, 6.07) is 14.7. The molecule has 0 fully saturated rings. The number of benzene rings is 2. The van der Waals surface area contributed by atoms with Gasteiger partial charge in [0.2, 0.25) is 0 Å². The lowest BCUT2D eigenvalue weighted by molar-refractivity contribution is 1.01. The van der Waals surface area contributed by atoms with E-state index in [4.69, 9.17) is 0 Å². The van der Waals surface area contributed by atoms with Gasteiger partial charge in [-0.25, -0.2) is 0 Å². The number of hydrazone groups is 1. The molecule has 3 nitrogen and oxygen atoms in total. The van der Waals surface area contributed by atoms with Crippen LogP contribution < -0.4 is 5.43 Å². The summed E-state index contributed by atoms with van der Waals surface area (Å²) in [7, 11) is 0. The maximum atomic E-state index is 4.16. The molecule has 0 saturated carbocycles. The Balaban J connectivity index is 2.06. The van der Waals surface area contributed by atoms with Crippen LogP contribution in [-0.4, -0.2) is 11.2 Å². The molecule has 0 radical (unpaired) electrons. The van der Waals surface area contributed by atoms with Crippen LogP contribution in [0.1, 0.15) is 5.56 Å². The van der Waals surface area contributed by atoms with Crippen LogP contribution in [0.3, 0.4) is 0 Å². The molecule has 2 N–H and O–H groups in total. The van der Waals surface area contributed by atoms with Crippen LogP contribution in [-0.2, 0) is 0 Å². The highest BCUT2D eigenvalue weighted by atomic mass is 15.3. The second-order valence-corrected chi connectivity index (χ2v) is 4.75. The quantitative estimate of drug-likeness (QED) is 0.685. The van der Waals surface area contributed by atoms with Gasteiger partial charge in [-0.1, -0.05) is 36.4 Å². The third-order valence-corrected chi connectivity index (χ3v) is 3.54. The summed E-state index contributed by atoms with van der Waals surface area (Å²) in [4.78, 5) is 3.46. The highest BCUT2D eigenvalue weighted by molar-refractivity contribution is 6.12. The van der Waals surface area contributed by atoms with E-state index in [9.17, 15) is 0 Å². The lowest BCUT2D eigenvalue weighted by Gasteiger charge is -2.07. The van der Waals surface area contributed by atoms with Gasteiger partial charge < -0.3 is 4.98 Å². The number of nitrogens with one attached hydrogen (secondary N) is 2. The van der Waals surface area contributed by atoms with Gasteiger partial charge in [0, 0.05) is 33.6 Å². The van der Waals surface area contributed by atoms with Crippen molar-refractivity contribution in [3.05, 3.63) is 66.3 Å². The zero-order valence-electron chi connectivity index (χ0n) is 10.8. The molecule has 3 aromatic rings. The molecule has 0 bridgehead atoms. The summed E-state index contributed by atoms with van der Waals surface area (Å²) in [5.74, 6) is 0. The molecule has 0 amide bonds. The Morgan fingerprint density at radius 1 is 0.850 bits per heavy atom. The van der Waals surface area contributed by atoms with Crippen molar-refractivity contribution in [2.24, 2.45) is 5.10 Å². The van der Waals surface area contributed by atoms with E-state index in [-0.39, 0.29) is 0 Å². The first-order chi connectivity index (χ1) is 9.93. The number of allylic oxidation sites excluding steroid dienone is 3. The number of rotatable bonds is 1. The summed E-state index contributed by atoms with van der Waals surface area (Å²) >= 11 is 0. The molecule has 0 spiro atoms.